The van der Waals surface area contributed by atoms with Gasteiger partial charge in [0.15, 0.2) is 0 Å². The summed E-state index contributed by atoms with van der Waals surface area (Å²) in [5.41, 5.74) is 1.27. The summed E-state index contributed by atoms with van der Waals surface area (Å²) < 4.78 is 28.7. The van der Waals surface area contributed by atoms with Crippen molar-refractivity contribution < 1.29 is 13.5 Å². The standard InChI is InChI=1S/C20H30F2O/c1-2-3-4-5-6-7-16-8-10-17(11-9-16)18-12-14-19(15-13-18)23-20(21)22/h12-17,20H,2-11H2,1H3. The van der Waals surface area contributed by atoms with E-state index in [4.69, 9.17) is 0 Å². The average Bonchev–Trinajstić information content (AvgIpc) is 2.55. The maximum Gasteiger partial charge on any atom is 0.387 e. The summed E-state index contributed by atoms with van der Waals surface area (Å²) in [5.74, 6) is 1.74. The number of alkyl halides is 2. The second-order valence-electron chi connectivity index (χ2n) is 6.87. The van der Waals surface area contributed by atoms with Gasteiger partial charge in [-0.05, 0) is 55.2 Å². The summed E-state index contributed by atoms with van der Waals surface area (Å²) in [5, 5.41) is 0. The Morgan fingerprint density at radius 2 is 1.61 bits per heavy atom. The average molecular weight is 324 g/mol. The lowest BCUT2D eigenvalue weighted by atomic mass is 9.77. The molecule has 0 radical (unpaired) electrons. The van der Waals surface area contributed by atoms with Crippen LogP contribution < -0.4 is 4.74 Å². The summed E-state index contributed by atoms with van der Waals surface area (Å²) in [6, 6.07) is 7.24. The zero-order valence-corrected chi connectivity index (χ0v) is 14.3. The highest BCUT2D eigenvalue weighted by molar-refractivity contribution is 5.29. The van der Waals surface area contributed by atoms with E-state index in [1.807, 2.05) is 12.1 Å². The molecule has 0 unspecified atom stereocenters. The van der Waals surface area contributed by atoms with E-state index in [9.17, 15) is 8.78 Å². The van der Waals surface area contributed by atoms with E-state index in [0.717, 1.165) is 5.92 Å². The van der Waals surface area contributed by atoms with Crippen LogP contribution in [0.4, 0.5) is 8.78 Å². The molecule has 0 amide bonds. The lowest BCUT2D eigenvalue weighted by Gasteiger charge is -2.29. The van der Waals surface area contributed by atoms with Crippen LogP contribution in [0.3, 0.4) is 0 Å². The summed E-state index contributed by atoms with van der Waals surface area (Å²) >= 11 is 0. The van der Waals surface area contributed by atoms with Gasteiger partial charge in [-0.1, -0.05) is 57.6 Å². The molecule has 0 saturated heterocycles. The van der Waals surface area contributed by atoms with Gasteiger partial charge in [0.1, 0.15) is 5.75 Å². The predicted octanol–water partition coefficient (Wildman–Crippen LogP) is 6.92. The molecule has 0 aromatic heterocycles. The van der Waals surface area contributed by atoms with Crippen molar-refractivity contribution in [2.24, 2.45) is 5.92 Å². The first-order valence-corrected chi connectivity index (χ1v) is 9.23. The van der Waals surface area contributed by atoms with Crippen LogP contribution in [0.2, 0.25) is 0 Å². The van der Waals surface area contributed by atoms with Crippen LogP contribution in [0.1, 0.15) is 82.6 Å². The van der Waals surface area contributed by atoms with Gasteiger partial charge in [-0.25, -0.2) is 0 Å². The van der Waals surface area contributed by atoms with Crippen LogP contribution in [0.15, 0.2) is 24.3 Å². The summed E-state index contributed by atoms with van der Waals surface area (Å²) in [4.78, 5) is 0. The fourth-order valence-electron chi connectivity index (χ4n) is 3.74. The molecule has 0 atom stereocenters. The van der Waals surface area contributed by atoms with Crippen molar-refractivity contribution in [2.45, 2.75) is 83.7 Å². The molecule has 1 saturated carbocycles. The Bertz CT molecular complexity index is 422. The van der Waals surface area contributed by atoms with Crippen LogP contribution in [0.5, 0.6) is 5.75 Å². The fourth-order valence-corrected chi connectivity index (χ4v) is 3.74. The third-order valence-electron chi connectivity index (χ3n) is 5.14. The van der Waals surface area contributed by atoms with Gasteiger partial charge in [-0.3, -0.25) is 0 Å². The minimum Gasteiger partial charge on any atom is -0.435 e. The number of hydrogen-bond donors (Lipinski definition) is 0. The van der Waals surface area contributed by atoms with Crippen molar-refractivity contribution in [1.82, 2.24) is 0 Å². The lowest BCUT2D eigenvalue weighted by molar-refractivity contribution is -0.0498. The Balaban J connectivity index is 1.69. The smallest absolute Gasteiger partial charge is 0.387 e. The highest BCUT2D eigenvalue weighted by atomic mass is 19.3. The molecule has 1 fully saturated rings. The third-order valence-corrected chi connectivity index (χ3v) is 5.14. The maximum absolute atomic E-state index is 12.2. The molecule has 0 spiro atoms. The highest BCUT2D eigenvalue weighted by Crippen LogP contribution is 2.38. The Morgan fingerprint density at radius 1 is 0.957 bits per heavy atom. The molecular weight excluding hydrogens is 294 g/mol. The van der Waals surface area contributed by atoms with E-state index in [1.54, 1.807) is 12.1 Å². The van der Waals surface area contributed by atoms with Crippen molar-refractivity contribution >= 4 is 0 Å². The van der Waals surface area contributed by atoms with E-state index < -0.39 is 6.61 Å². The predicted molar refractivity (Wildman–Crippen MR) is 91.1 cm³/mol. The first-order valence-electron chi connectivity index (χ1n) is 9.23. The number of rotatable bonds is 9. The fraction of sp³-hybridized carbons (Fsp3) is 0.700. The molecule has 0 N–H and O–H groups in total. The first-order chi connectivity index (χ1) is 11.2. The van der Waals surface area contributed by atoms with E-state index in [-0.39, 0.29) is 5.75 Å². The summed E-state index contributed by atoms with van der Waals surface area (Å²) in [6.45, 7) is -0.485. The molecule has 0 heterocycles. The van der Waals surface area contributed by atoms with Gasteiger partial charge >= 0.3 is 6.61 Å². The van der Waals surface area contributed by atoms with Crippen molar-refractivity contribution in [3.05, 3.63) is 29.8 Å². The quantitative estimate of drug-likeness (QED) is 0.448. The van der Waals surface area contributed by atoms with E-state index in [2.05, 4.69) is 11.7 Å². The number of ether oxygens (including phenoxy) is 1. The molecule has 0 aliphatic heterocycles. The Morgan fingerprint density at radius 3 is 2.22 bits per heavy atom. The largest absolute Gasteiger partial charge is 0.435 e. The third kappa shape index (κ3) is 6.48. The minimum absolute atomic E-state index is 0.254. The van der Waals surface area contributed by atoms with Gasteiger partial charge in [-0.15, -0.1) is 0 Å². The SMILES string of the molecule is CCCCCCCC1CCC(c2ccc(OC(F)F)cc2)CC1. The van der Waals surface area contributed by atoms with Crippen molar-refractivity contribution in [2.75, 3.05) is 0 Å². The van der Waals surface area contributed by atoms with E-state index in [1.165, 1.54) is 69.8 Å². The molecule has 23 heavy (non-hydrogen) atoms. The van der Waals surface area contributed by atoms with Gasteiger partial charge in [0.2, 0.25) is 0 Å². The topological polar surface area (TPSA) is 9.23 Å². The molecule has 3 heteroatoms. The van der Waals surface area contributed by atoms with Gasteiger partial charge in [-0.2, -0.15) is 8.78 Å². The molecule has 1 nitrogen and oxygen atoms in total. The molecule has 0 bridgehead atoms. The second kappa shape index (κ2) is 9.89. The Labute approximate surface area is 139 Å². The molecule has 1 aliphatic rings. The molecular formula is C20H30F2O. The van der Waals surface area contributed by atoms with Gasteiger partial charge in [0.25, 0.3) is 0 Å². The molecule has 1 aromatic rings. The van der Waals surface area contributed by atoms with Crippen LogP contribution in [-0.4, -0.2) is 6.61 Å². The van der Waals surface area contributed by atoms with Crippen LogP contribution >= 0.6 is 0 Å². The van der Waals surface area contributed by atoms with Crippen molar-refractivity contribution in [1.29, 1.82) is 0 Å². The molecule has 1 aromatic carbocycles. The normalized spacial score (nSPS) is 21.6. The lowest BCUT2D eigenvalue weighted by Crippen LogP contribution is -2.13. The number of hydrogen-bond acceptors (Lipinski definition) is 1. The summed E-state index contributed by atoms with van der Waals surface area (Å²) in [6.07, 6.45) is 13.3. The van der Waals surface area contributed by atoms with Crippen LogP contribution in [0, 0.1) is 5.92 Å². The molecule has 130 valence electrons. The van der Waals surface area contributed by atoms with Crippen molar-refractivity contribution in [3.8, 4) is 5.75 Å². The summed E-state index contributed by atoms with van der Waals surface area (Å²) in [7, 11) is 0. The van der Waals surface area contributed by atoms with Gasteiger partial charge in [0.05, 0.1) is 0 Å². The molecule has 2 rings (SSSR count). The number of benzene rings is 1. The first kappa shape index (κ1) is 18.2. The van der Waals surface area contributed by atoms with E-state index in [0.29, 0.717) is 5.92 Å². The minimum atomic E-state index is -2.74. The van der Waals surface area contributed by atoms with Gasteiger partial charge < -0.3 is 4.74 Å². The molecule has 1 aliphatic carbocycles. The Hall–Kier alpha value is -1.12. The number of halogens is 2. The van der Waals surface area contributed by atoms with E-state index >= 15 is 0 Å². The van der Waals surface area contributed by atoms with Crippen molar-refractivity contribution in [3.63, 3.8) is 0 Å². The highest BCUT2D eigenvalue weighted by Gasteiger charge is 2.22. The zero-order chi connectivity index (χ0) is 16.5. The zero-order valence-electron chi connectivity index (χ0n) is 14.3. The van der Waals surface area contributed by atoms with Crippen LogP contribution in [0.25, 0.3) is 0 Å². The Kier molecular flexibility index (Phi) is 7.84. The second-order valence-corrected chi connectivity index (χ2v) is 6.87. The van der Waals surface area contributed by atoms with Crippen LogP contribution in [-0.2, 0) is 0 Å². The maximum atomic E-state index is 12.2. The van der Waals surface area contributed by atoms with Gasteiger partial charge in [0, 0.05) is 0 Å². The number of unbranched alkanes of at least 4 members (excludes halogenated alkanes) is 4. The monoisotopic (exact) mass is 324 g/mol.